The first kappa shape index (κ1) is 13.1. The number of hydrogen-bond acceptors (Lipinski definition) is 4. The van der Waals surface area contributed by atoms with Crippen LogP contribution in [0.5, 0.6) is 0 Å². The van der Waals surface area contributed by atoms with E-state index in [9.17, 15) is 0 Å². The van der Waals surface area contributed by atoms with Crippen molar-refractivity contribution >= 4 is 5.82 Å². The SMILES string of the molecule is CCNc1cnc(CN2CCc3ccccc3C2)cn1. The topological polar surface area (TPSA) is 41.1 Å². The molecule has 4 heteroatoms. The maximum Gasteiger partial charge on any atom is 0.144 e. The van der Waals surface area contributed by atoms with Crippen LogP contribution in [0.2, 0.25) is 0 Å². The lowest BCUT2D eigenvalue weighted by molar-refractivity contribution is 0.242. The van der Waals surface area contributed by atoms with Crippen LogP contribution < -0.4 is 5.32 Å². The van der Waals surface area contributed by atoms with Crippen LogP contribution in [0.4, 0.5) is 5.82 Å². The Labute approximate surface area is 119 Å². The molecule has 0 spiro atoms. The minimum Gasteiger partial charge on any atom is -0.369 e. The third-order valence-corrected chi connectivity index (χ3v) is 3.66. The Bertz CT molecular complexity index is 565. The smallest absolute Gasteiger partial charge is 0.144 e. The Morgan fingerprint density at radius 2 is 2.00 bits per heavy atom. The molecule has 4 nitrogen and oxygen atoms in total. The molecule has 0 bridgehead atoms. The molecule has 1 N–H and O–H groups in total. The summed E-state index contributed by atoms with van der Waals surface area (Å²) in [5.74, 6) is 0.847. The van der Waals surface area contributed by atoms with Crippen LogP contribution in [0.1, 0.15) is 23.7 Å². The van der Waals surface area contributed by atoms with Crippen LogP contribution in [-0.4, -0.2) is 28.0 Å². The number of rotatable bonds is 4. The van der Waals surface area contributed by atoms with E-state index in [1.54, 1.807) is 0 Å². The van der Waals surface area contributed by atoms with Crippen molar-refractivity contribution in [1.29, 1.82) is 0 Å². The molecule has 3 rings (SSSR count). The van der Waals surface area contributed by atoms with E-state index in [1.807, 2.05) is 12.4 Å². The van der Waals surface area contributed by atoms with Crippen molar-refractivity contribution < 1.29 is 0 Å². The third-order valence-electron chi connectivity index (χ3n) is 3.66. The number of fused-ring (bicyclic) bond motifs is 1. The van der Waals surface area contributed by atoms with E-state index in [0.29, 0.717) is 0 Å². The van der Waals surface area contributed by atoms with Gasteiger partial charge in [-0.25, -0.2) is 4.98 Å². The van der Waals surface area contributed by atoms with E-state index in [1.165, 1.54) is 11.1 Å². The van der Waals surface area contributed by atoms with Crippen LogP contribution in [-0.2, 0) is 19.5 Å². The molecule has 0 saturated carbocycles. The molecule has 0 aliphatic carbocycles. The van der Waals surface area contributed by atoms with Crippen molar-refractivity contribution in [3.05, 3.63) is 53.5 Å². The van der Waals surface area contributed by atoms with E-state index in [0.717, 1.165) is 44.1 Å². The summed E-state index contributed by atoms with van der Waals surface area (Å²) in [6, 6.07) is 8.70. The molecular weight excluding hydrogens is 248 g/mol. The molecule has 0 unspecified atom stereocenters. The fourth-order valence-electron chi connectivity index (χ4n) is 2.63. The van der Waals surface area contributed by atoms with Gasteiger partial charge in [0.2, 0.25) is 0 Å². The largest absolute Gasteiger partial charge is 0.369 e. The monoisotopic (exact) mass is 268 g/mol. The Kier molecular flexibility index (Phi) is 3.92. The standard InChI is InChI=1S/C16H20N4/c1-2-17-16-10-18-15(9-19-16)12-20-8-7-13-5-3-4-6-14(13)11-20/h3-6,9-10H,2,7-8,11-12H2,1H3,(H,17,19). The maximum absolute atomic E-state index is 4.48. The van der Waals surface area contributed by atoms with Crippen LogP contribution in [0.15, 0.2) is 36.7 Å². The predicted octanol–water partition coefficient (Wildman–Crippen LogP) is 2.47. The molecule has 2 aromatic rings. The van der Waals surface area contributed by atoms with Gasteiger partial charge in [0.1, 0.15) is 5.82 Å². The van der Waals surface area contributed by atoms with Crippen LogP contribution in [0.3, 0.4) is 0 Å². The Balaban J connectivity index is 1.64. The van der Waals surface area contributed by atoms with Crippen molar-refractivity contribution in [2.24, 2.45) is 0 Å². The van der Waals surface area contributed by atoms with Gasteiger partial charge in [-0.05, 0) is 24.5 Å². The molecule has 1 aliphatic rings. The van der Waals surface area contributed by atoms with Gasteiger partial charge in [-0.2, -0.15) is 0 Å². The van der Waals surface area contributed by atoms with Gasteiger partial charge < -0.3 is 5.32 Å². The van der Waals surface area contributed by atoms with E-state index < -0.39 is 0 Å². The molecule has 104 valence electrons. The number of hydrogen-bond donors (Lipinski definition) is 1. The van der Waals surface area contributed by atoms with E-state index in [4.69, 9.17) is 0 Å². The zero-order chi connectivity index (χ0) is 13.8. The summed E-state index contributed by atoms with van der Waals surface area (Å²) in [6.45, 7) is 5.89. The zero-order valence-electron chi connectivity index (χ0n) is 11.8. The lowest BCUT2D eigenvalue weighted by atomic mass is 10.00. The number of benzene rings is 1. The van der Waals surface area contributed by atoms with Crippen molar-refractivity contribution in [1.82, 2.24) is 14.9 Å². The van der Waals surface area contributed by atoms with Crippen molar-refractivity contribution in [2.75, 3.05) is 18.4 Å². The Morgan fingerprint density at radius 3 is 2.75 bits per heavy atom. The van der Waals surface area contributed by atoms with Crippen LogP contribution in [0, 0.1) is 0 Å². The lowest BCUT2D eigenvalue weighted by Crippen LogP contribution is -2.30. The molecular formula is C16H20N4. The number of aromatic nitrogens is 2. The van der Waals surface area contributed by atoms with Crippen LogP contribution >= 0.6 is 0 Å². The summed E-state index contributed by atoms with van der Waals surface area (Å²) in [7, 11) is 0. The highest BCUT2D eigenvalue weighted by Crippen LogP contribution is 2.19. The van der Waals surface area contributed by atoms with Crippen molar-refractivity contribution in [3.8, 4) is 0 Å². The highest BCUT2D eigenvalue weighted by molar-refractivity contribution is 5.31. The molecule has 1 aliphatic heterocycles. The average molecular weight is 268 g/mol. The second kappa shape index (κ2) is 6.01. The molecule has 0 radical (unpaired) electrons. The summed E-state index contributed by atoms with van der Waals surface area (Å²) < 4.78 is 0. The molecule has 0 atom stereocenters. The summed E-state index contributed by atoms with van der Waals surface area (Å²) in [6.07, 6.45) is 4.81. The summed E-state index contributed by atoms with van der Waals surface area (Å²) in [5, 5.41) is 3.16. The molecule has 1 aromatic heterocycles. The predicted molar refractivity (Wildman–Crippen MR) is 80.5 cm³/mol. The van der Waals surface area contributed by atoms with Gasteiger partial charge in [-0.15, -0.1) is 0 Å². The number of anilines is 1. The molecule has 1 aromatic carbocycles. The van der Waals surface area contributed by atoms with E-state index in [-0.39, 0.29) is 0 Å². The van der Waals surface area contributed by atoms with E-state index >= 15 is 0 Å². The lowest BCUT2D eigenvalue weighted by Gasteiger charge is -2.28. The van der Waals surface area contributed by atoms with Crippen molar-refractivity contribution in [2.45, 2.75) is 26.4 Å². The van der Waals surface area contributed by atoms with Gasteiger partial charge in [0.15, 0.2) is 0 Å². The molecule has 20 heavy (non-hydrogen) atoms. The minimum absolute atomic E-state index is 0.847. The average Bonchev–Trinajstić information content (AvgIpc) is 2.49. The van der Waals surface area contributed by atoms with Crippen molar-refractivity contribution in [3.63, 3.8) is 0 Å². The quantitative estimate of drug-likeness (QED) is 0.925. The summed E-state index contributed by atoms with van der Waals surface area (Å²) in [5.41, 5.74) is 3.96. The van der Waals surface area contributed by atoms with Gasteiger partial charge in [-0.1, -0.05) is 24.3 Å². The molecule has 2 heterocycles. The number of nitrogens with zero attached hydrogens (tertiary/aromatic N) is 3. The van der Waals surface area contributed by atoms with Gasteiger partial charge >= 0.3 is 0 Å². The first-order valence-corrected chi connectivity index (χ1v) is 7.19. The second-order valence-electron chi connectivity index (χ2n) is 5.15. The van der Waals surface area contributed by atoms with E-state index in [2.05, 4.69) is 51.4 Å². The molecule has 0 fully saturated rings. The fraction of sp³-hybridized carbons (Fsp3) is 0.375. The highest BCUT2D eigenvalue weighted by atomic mass is 15.1. The highest BCUT2D eigenvalue weighted by Gasteiger charge is 2.16. The minimum atomic E-state index is 0.847. The first-order valence-electron chi connectivity index (χ1n) is 7.19. The third kappa shape index (κ3) is 2.96. The normalized spacial score (nSPS) is 14.8. The number of nitrogens with one attached hydrogen (secondary N) is 1. The zero-order valence-corrected chi connectivity index (χ0v) is 11.8. The van der Waals surface area contributed by atoms with Gasteiger partial charge in [0.05, 0.1) is 18.1 Å². The van der Waals surface area contributed by atoms with Gasteiger partial charge in [0.25, 0.3) is 0 Å². The maximum atomic E-state index is 4.48. The summed E-state index contributed by atoms with van der Waals surface area (Å²) in [4.78, 5) is 11.3. The first-order chi connectivity index (χ1) is 9.85. The molecule has 0 saturated heterocycles. The van der Waals surface area contributed by atoms with Gasteiger partial charge in [-0.3, -0.25) is 9.88 Å². The fourth-order valence-corrected chi connectivity index (χ4v) is 2.63. The second-order valence-corrected chi connectivity index (χ2v) is 5.15. The Hall–Kier alpha value is -1.94. The molecule has 0 amide bonds. The van der Waals surface area contributed by atoms with Gasteiger partial charge in [0, 0.05) is 26.2 Å². The Morgan fingerprint density at radius 1 is 1.15 bits per heavy atom. The van der Waals surface area contributed by atoms with Crippen LogP contribution in [0.25, 0.3) is 0 Å². The summed E-state index contributed by atoms with van der Waals surface area (Å²) >= 11 is 0.